The molecule has 0 aliphatic carbocycles. The van der Waals surface area contributed by atoms with Gasteiger partial charge in [-0.15, -0.1) is 0 Å². The standard InChI is InChI=1S/C18H14BrN3O4/c1-11-9-12(4-5-14(11)19)21-17(23)10-26-16-7-6-15(22(24)25)13-3-2-8-20-18(13)16/h2-9H,10H2,1H3,(H,21,23). The largest absolute Gasteiger partial charge is 0.481 e. The molecule has 0 atom stereocenters. The summed E-state index contributed by atoms with van der Waals surface area (Å²) >= 11 is 3.40. The van der Waals surface area contributed by atoms with E-state index in [2.05, 4.69) is 26.2 Å². The van der Waals surface area contributed by atoms with Crippen molar-refractivity contribution in [2.75, 3.05) is 11.9 Å². The van der Waals surface area contributed by atoms with Gasteiger partial charge in [0.2, 0.25) is 0 Å². The lowest BCUT2D eigenvalue weighted by Gasteiger charge is -2.10. The lowest BCUT2D eigenvalue weighted by atomic mass is 10.1. The van der Waals surface area contributed by atoms with Gasteiger partial charge >= 0.3 is 0 Å². The highest BCUT2D eigenvalue weighted by Gasteiger charge is 2.16. The number of aromatic nitrogens is 1. The van der Waals surface area contributed by atoms with Crippen LogP contribution in [0.1, 0.15) is 5.56 Å². The molecule has 0 saturated heterocycles. The van der Waals surface area contributed by atoms with Crippen LogP contribution in [-0.4, -0.2) is 22.4 Å². The summed E-state index contributed by atoms with van der Waals surface area (Å²) in [6, 6.07) is 11.5. The number of hydrogen-bond acceptors (Lipinski definition) is 5. The first-order valence-corrected chi connectivity index (χ1v) is 8.46. The highest BCUT2D eigenvalue weighted by molar-refractivity contribution is 9.10. The van der Waals surface area contributed by atoms with Crippen molar-refractivity contribution in [1.82, 2.24) is 4.98 Å². The molecule has 132 valence electrons. The molecule has 1 amide bonds. The zero-order chi connectivity index (χ0) is 18.7. The summed E-state index contributed by atoms with van der Waals surface area (Å²) in [5.41, 5.74) is 1.93. The second-order valence-corrected chi connectivity index (χ2v) is 6.39. The van der Waals surface area contributed by atoms with Gasteiger partial charge in [-0.3, -0.25) is 19.9 Å². The lowest BCUT2D eigenvalue weighted by Crippen LogP contribution is -2.20. The number of hydrogen-bond donors (Lipinski definition) is 1. The summed E-state index contributed by atoms with van der Waals surface area (Å²) in [4.78, 5) is 26.9. The van der Waals surface area contributed by atoms with E-state index in [1.807, 2.05) is 19.1 Å². The highest BCUT2D eigenvalue weighted by Crippen LogP contribution is 2.31. The maximum Gasteiger partial charge on any atom is 0.279 e. The first kappa shape index (κ1) is 17.8. The molecule has 7 nitrogen and oxygen atoms in total. The Bertz CT molecular complexity index is 1010. The summed E-state index contributed by atoms with van der Waals surface area (Å²) < 4.78 is 6.49. The van der Waals surface area contributed by atoms with Crippen molar-refractivity contribution < 1.29 is 14.5 Å². The van der Waals surface area contributed by atoms with E-state index in [0.29, 0.717) is 22.3 Å². The van der Waals surface area contributed by atoms with E-state index in [1.54, 1.807) is 18.2 Å². The number of ether oxygens (including phenoxy) is 1. The number of halogens is 1. The molecule has 0 aliphatic rings. The number of nitro benzene ring substituents is 1. The normalized spacial score (nSPS) is 10.5. The second kappa shape index (κ2) is 7.49. The quantitative estimate of drug-likeness (QED) is 0.496. The monoisotopic (exact) mass is 415 g/mol. The second-order valence-electron chi connectivity index (χ2n) is 5.54. The first-order valence-electron chi connectivity index (χ1n) is 7.66. The maximum absolute atomic E-state index is 12.1. The minimum Gasteiger partial charge on any atom is -0.481 e. The Labute approximate surface area is 157 Å². The van der Waals surface area contributed by atoms with Crippen LogP contribution in [-0.2, 0) is 4.79 Å². The van der Waals surface area contributed by atoms with Crippen LogP contribution in [0.2, 0.25) is 0 Å². The Morgan fingerprint density at radius 1 is 1.31 bits per heavy atom. The van der Waals surface area contributed by atoms with Gasteiger partial charge in [0.1, 0.15) is 11.3 Å². The van der Waals surface area contributed by atoms with Crippen LogP contribution < -0.4 is 10.1 Å². The predicted molar refractivity (Wildman–Crippen MR) is 101 cm³/mol. The van der Waals surface area contributed by atoms with Gasteiger partial charge in [0.15, 0.2) is 6.61 Å². The van der Waals surface area contributed by atoms with E-state index < -0.39 is 4.92 Å². The zero-order valence-corrected chi connectivity index (χ0v) is 15.3. The molecule has 0 unspecified atom stereocenters. The van der Waals surface area contributed by atoms with Gasteiger partial charge in [-0.05, 0) is 48.9 Å². The van der Waals surface area contributed by atoms with Crippen LogP contribution in [0, 0.1) is 17.0 Å². The Morgan fingerprint density at radius 3 is 2.85 bits per heavy atom. The van der Waals surface area contributed by atoms with Crippen molar-refractivity contribution in [1.29, 1.82) is 0 Å². The van der Waals surface area contributed by atoms with Gasteiger partial charge in [-0.2, -0.15) is 0 Å². The number of anilines is 1. The Morgan fingerprint density at radius 2 is 2.12 bits per heavy atom. The lowest BCUT2D eigenvalue weighted by molar-refractivity contribution is -0.383. The van der Waals surface area contributed by atoms with Crippen molar-refractivity contribution in [3.05, 3.63) is 68.8 Å². The molecule has 3 aromatic rings. The molecule has 1 aromatic heterocycles. The van der Waals surface area contributed by atoms with E-state index in [-0.39, 0.29) is 18.2 Å². The van der Waals surface area contributed by atoms with Crippen LogP contribution in [0.3, 0.4) is 0 Å². The van der Waals surface area contributed by atoms with E-state index in [9.17, 15) is 14.9 Å². The number of nitrogens with zero attached hydrogens (tertiary/aromatic N) is 2. The smallest absolute Gasteiger partial charge is 0.279 e. The SMILES string of the molecule is Cc1cc(NC(=O)COc2ccc([N+](=O)[O-])c3cccnc23)ccc1Br. The highest BCUT2D eigenvalue weighted by atomic mass is 79.9. The summed E-state index contributed by atoms with van der Waals surface area (Å²) in [5.74, 6) is -0.0255. The first-order chi connectivity index (χ1) is 12.5. The van der Waals surface area contributed by atoms with Gasteiger partial charge < -0.3 is 10.1 Å². The molecule has 0 radical (unpaired) electrons. The third-order valence-electron chi connectivity index (χ3n) is 3.71. The summed E-state index contributed by atoms with van der Waals surface area (Å²) in [6.07, 6.45) is 1.52. The van der Waals surface area contributed by atoms with Crippen molar-refractivity contribution in [3.63, 3.8) is 0 Å². The van der Waals surface area contributed by atoms with E-state index in [4.69, 9.17) is 4.74 Å². The van der Waals surface area contributed by atoms with Gasteiger partial charge in [-0.1, -0.05) is 15.9 Å². The van der Waals surface area contributed by atoms with Crippen molar-refractivity contribution >= 4 is 44.1 Å². The third kappa shape index (κ3) is 3.80. The number of nitrogens with one attached hydrogen (secondary N) is 1. The Kier molecular flexibility index (Phi) is 5.13. The third-order valence-corrected chi connectivity index (χ3v) is 4.60. The van der Waals surface area contributed by atoms with E-state index in [0.717, 1.165) is 10.0 Å². The molecule has 0 fully saturated rings. The maximum atomic E-state index is 12.1. The van der Waals surface area contributed by atoms with Crippen LogP contribution in [0.15, 0.2) is 53.1 Å². The Balaban J connectivity index is 1.75. The molecule has 0 spiro atoms. The number of fused-ring (bicyclic) bond motifs is 1. The molecule has 0 bridgehead atoms. The molecular formula is C18H14BrN3O4. The van der Waals surface area contributed by atoms with Crippen LogP contribution >= 0.6 is 15.9 Å². The zero-order valence-electron chi connectivity index (χ0n) is 13.7. The fraction of sp³-hybridized carbons (Fsp3) is 0.111. The number of carbonyl (C=O) groups excluding carboxylic acids is 1. The summed E-state index contributed by atoms with van der Waals surface area (Å²) in [7, 11) is 0. The van der Waals surface area contributed by atoms with Crippen molar-refractivity contribution in [2.45, 2.75) is 6.92 Å². The number of nitro groups is 1. The topological polar surface area (TPSA) is 94.4 Å². The van der Waals surface area contributed by atoms with Gasteiger partial charge in [-0.25, -0.2) is 0 Å². The molecule has 8 heteroatoms. The van der Waals surface area contributed by atoms with Crippen molar-refractivity contribution in [2.24, 2.45) is 0 Å². The minimum absolute atomic E-state index is 0.0600. The summed E-state index contributed by atoms with van der Waals surface area (Å²) in [6.45, 7) is 1.68. The summed E-state index contributed by atoms with van der Waals surface area (Å²) in [5, 5.41) is 14.2. The minimum atomic E-state index is -0.476. The molecule has 0 aliphatic heterocycles. The van der Waals surface area contributed by atoms with E-state index >= 15 is 0 Å². The molecular weight excluding hydrogens is 402 g/mol. The number of benzene rings is 2. The average molecular weight is 416 g/mol. The molecule has 1 N–H and O–H groups in total. The predicted octanol–water partition coefficient (Wildman–Crippen LogP) is 4.23. The Hall–Kier alpha value is -3.00. The average Bonchev–Trinajstić information content (AvgIpc) is 2.62. The molecule has 1 heterocycles. The molecule has 26 heavy (non-hydrogen) atoms. The number of amides is 1. The number of pyridine rings is 1. The number of rotatable bonds is 5. The number of aryl methyl sites for hydroxylation is 1. The number of carbonyl (C=O) groups is 1. The fourth-order valence-corrected chi connectivity index (χ4v) is 2.72. The molecule has 3 rings (SSSR count). The van der Waals surface area contributed by atoms with Crippen LogP contribution in [0.4, 0.5) is 11.4 Å². The molecule has 2 aromatic carbocycles. The molecule has 0 saturated carbocycles. The van der Waals surface area contributed by atoms with Gasteiger partial charge in [0, 0.05) is 22.4 Å². The fourth-order valence-electron chi connectivity index (χ4n) is 2.47. The van der Waals surface area contributed by atoms with Crippen molar-refractivity contribution in [3.8, 4) is 5.75 Å². The van der Waals surface area contributed by atoms with Crippen LogP contribution in [0.5, 0.6) is 5.75 Å². The number of non-ortho nitro benzene ring substituents is 1. The van der Waals surface area contributed by atoms with Gasteiger partial charge in [0.25, 0.3) is 11.6 Å². The van der Waals surface area contributed by atoms with Crippen LogP contribution in [0.25, 0.3) is 10.9 Å². The van der Waals surface area contributed by atoms with Gasteiger partial charge in [0.05, 0.1) is 10.3 Å². The van der Waals surface area contributed by atoms with E-state index in [1.165, 1.54) is 18.3 Å².